The number of nitrogens with zero attached hydrogens (tertiary/aromatic N) is 2. The van der Waals surface area contributed by atoms with Gasteiger partial charge >= 0.3 is 0 Å². The molecular formula is C12H13Br2N3OS. The quantitative estimate of drug-likeness (QED) is 0.724. The summed E-state index contributed by atoms with van der Waals surface area (Å²) in [6.07, 6.45) is 1.11. The number of rotatable bonds is 6. The van der Waals surface area contributed by atoms with E-state index in [-0.39, 0.29) is 0 Å². The van der Waals surface area contributed by atoms with E-state index in [1.165, 1.54) is 11.3 Å². The Balaban J connectivity index is 1.99. The molecule has 0 bridgehead atoms. The summed E-state index contributed by atoms with van der Waals surface area (Å²) in [5.41, 5.74) is 0. The summed E-state index contributed by atoms with van der Waals surface area (Å²) in [5, 5.41) is 12.9. The number of ether oxygens (including phenoxy) is 1. The molecule has 4 nitrogen and oxygen atoms in total. The highest BCUT2D eigenvalue weighted by atomic mass is 79.9. The molecule has 1 aromatic carbocycles. The van der Waals surface area contributed by atoms with Crippen LogP contribution in [0.3, 0.4) is 0 Å². The average molecular weight is 407 g/mol. The van der Waals surface area contributed by atoms with E-state index in [9.17, 15) is 0 Å². The Hall–Kier alpha value is -0.500. The van der Waals surface area contributed by atoms with Crippen molar-refractivity contribution in [3.05, 3.63) is 32.2 Å². The fourth-order valence-corrected chi connectivity index (χ4v) is 3.17. The molecule has 0 aliphatic heterocycles. The minimum Gasteiger partial charge on any atom is -0.429 e. The Kier molecular flexibility index (Phi) is 5.75. The van der Waals surface area contributed by atoms with Crippen molar-refractivity contribution in [1.29, 1.82) is 0 Å². The molecule has 0 saturated carbocycles. The number of halogens is 2. The van der Waals surface area contributed by atoms with Crippen LogP contribution >= 0.6 is 43.2 Å². The summed E-state index contributed by atoms with van der Waals surface area (Å²) in [5.74, 6) is 0.729. The van der Waals surface area contributed by atoms with E-state index < -0.39 is 0 Å². The minimum absolute atomic E-state index is 0.552. The van der Waals surface area contributed by atoms with Gasteiger partial charge in [-0.1, -0.05) is 39.3 Å². The molecule has 0 fully saturated rings. The van der Waals surface area contributed by atoms with Gasteiger partial charge in [0.2, 0.25) is 0 Å². The zero-order valence-electron chi connectivity index (χ0n) is 10.3. The summed E-state index contributed by atoms with van der Waals surface area (Å²) in [6, 6.07) is 5.73. The van der Waals surface area contributed by atoms with Crippen molar-refractivity contribution in [3.63, 3.8) is 0 Å². The molecule has 0 aliphatic rings. The first-order chi connectivity index (χ1) is 9.19. The van der Waals surface area contributed by atoms with E-state index in [2.05, 4.69) is 54.3 Å². The molecule has 0 aliphatic carbocycles. The molecule has 0 radical (unpaired) electrons. The van der Waals surface area contributed by atoms with Gasteiger partial charge in [0.05, 0.1) is 4.47 Å². The first-order valence-corrected chi connectivity index (χ1v) is 8.25. The maximum Gasteiger partial charge on any atom is 0.299 e. The summed E-state index contributed by atoms with van der Waals surface area (Å²) in [6.45, 7) is 3.84. The molecule has 2 rings (SSSR count). The Labute approximate surface area is 132 Å². The molecule has 0 spiro atoms. The van der Waals surface area contributed by atoms with E-state index >= 15 is 0 Å². The predicted molar refractivity (Wildman–Crippen MR) is 83.8 cm³/mol. The van der Waals surface area contributed by atoms with Crippen LogP contribution in [0.25, 0.3) is 0 Å². The number of hydrogen-bond donors (Lipinski definition) is 1. The molecule has 0 saturated heterocycles. The van der Waals surface area contributed by atoms with E-state index in [0.29, 0.717) is 5.19 Å². The second-order valence-electron chi connectivity index (χ2n) is 3.82. The van der Waals surface area contributed by atoms with Crippen LogP contribution in [0.1, 0.15) is 18.4 Å². The van der Waals surface area contributed by atoms with Crippen molar-refractivity contribution < 1.29 is 4.74 Å². The van der Waals surface area contributed by atoms with Gasteiger partial charge in [-0.25, -0.2) is 0 Å². The van der Waals surface area contributed by atoms with Gasteiger partial charge in [0, 0.05) is 11.0 Å². The van der Waals surface area contributed by atoms with E-state index in [0.717, 1.165) is 39.2 Å². The summed E-state index contributed by atoms with van der Waals surface area (Å²) >= 11 is 8.31. The first kappa shape index (κ1) is 14.9. The molecule has 1 N–H and O–H groups in total. The highest BCUT2D eigenvalue weighted by molar-refractivity contribution is 9.11. The van der Waals surface area contributed by atoms with Crippen molar-refractivity contribution in [3.8, 4) is 10.9 Å². The average Bonchev–Trinajstić information content (AvgIpc) is 2.81. The third kappa shape index (κ3) is 4.52. The lowest BCUT2D eigenvalue weighted by molar-refractivity contribution is 0.470. The van der Waals surface area contributed by atoms with Crippen LogP contribution < -0.4 is 10.1 Å². The van der Waals surface area contributed by atoms with Crippen molar-refractivity contribution in [2.45, 2.75) is 19.9 Å². The van der Waals surface area contributed by atoms with Gasteiger partial charge in [-0.2, -0.15) is 0 Å². The smallest absolute Gasteiger partial charge is 0.299 e. The highest BCUT2D eigenvalue weighted by Gasteiger charge is 2.08. The van der Waals surface area contributed by atoms with E-state index in [1.54, 1.807) is 0 Å². The number of hydrogen-bond acceptors (Lipinski definition) is 5. The van der Waals surface area contributed by atoms with Crippen LogP contribution in [0.15, 0.2) is 27.1 Å². The maximum atomic E-state index is 5.70. The van der Waals surface area contributed by atoms with Crippen LogP contribution in [-0.4, -0.2) is 16.7 Å². The maximum absolute atomic E-state index is 5.70. The zero-order valence-corrected chi connectivity index (χ0v) is 14.3. The molecule has 2 aromatic rings. The lowest BCUT2D eigenvalue weighted by Gasteiger charge is -2.03. The van der Waals surface area contributed by atoms with Gasteiger partial charge in [-0.3, -0.25) is 0 Å². The minimum atomic E-state index is 0.552. The van der Waals surface area contributed by atoms with Gasteiger partial charge in [-0.05, 0) is 47.1 Å². The Morgan fingerprint density at radius 2 is 2.16 bits per heavy atom. The number of nitrogens with one attached hydrogen (secondary N) is 1. The zero-order chi connectivity index (χ0) is 13.7. The fraction of sp³-hybridized carbons (Fsp3) is 0.333. The molecule has 1 heterocycles. The van der Waals surface area contributed by atoms with Crippen molar-refractivity contribution >= 4 is 43.2 Å². The van der Waals surface area contributed by atoms with Crippen LogP contribution in [0.2, 0.25) is 0 Å². The van der Waals surface area contributed by atoms with E-state index in [1.807, 2.05) is 18.2 Å². The van der Waals surface area contributed by atoms with Gasteiger partial charge < -0.3 is 10.1 Å². The first-order valence-electron chi connectivity index (χ1n) is 5.85. The monoisotopic (exact) mass is 405 g/mol. The number of aromatic nitrogens is 2. The third-order valence-electron chi connectivity index (χ3n) is 2.24. The van der Waals surface area contributed by atoms with E-state index in [4.69, 9.17) is 4.74 Å². The van der Waals surface area contributed by atoms with Crippen LogP contribution in [0, 0.1) is 0 Å². The standard InChI is InChI=1S/C12H13Br2N3OS/c1-2-5-15-7-11-16-17-12(19-11)18-10-4-3-8(13)6-9(10)14/h3-4,6,15H,2,5,7H2,1H3. The Bertz CT molecular complexity index is 548. The molecule has 7 heteroatoms. The molecule has 1 aromatic heterocycles. The largest absolute Gasteiger partial charge is 0.429 e. The topological polar surface area (TPSA) is 47.0 Å². The lowest BCUT2D eigenvalue weighted by atomic mass is 10.3. The molecule has 0 amide bonds. The van der Waals surface area contributed by atoms with Crippen molar-refractivity contribution in [2.75, 3.05) is 6.54 Å². The summed E-state index contributed by atoms with van der Waals surface area (Å²) in [7, 11) is 0. The molecule has 0 atom stereocenters. The highest BCUT2D eigenvalue weighted by Crippen LogP contribution is 2.33. The van der Waals surface area contributed by atoms with Gasteiger partial charge in [0.1, 0.15) is 10.8 Å². The van der Waals surface area contributed by atoms with Crippen molar-refractivity contribution in [1.82, 2.24) is 15.5 Å². The van der Waals surface area contributed by atoms with Crippen molar-refractivity contribution in [2.24, 2.45) is 0 Å². The van der Waals surface area contributed by atoms with Gasteiger partial charge in [-0.15, -0.1) is 5.10 Å². The Morgan fingerprint density at radius 1 is 1.32 bits per heavy atom. The second kappa shape index (κ2) is 7.33. The second-order valence-corrected chi connectivity index (χ2v) is 6.61. The van der Waals surface area contributed by atoms with Crippen LogP contribution in [-0.2, 0) is 6.54 Å². The van der Waals surface area contributed by atoms with Crippen LogP contribution in [0.4, 0.5) is 0 Å². The fourth-order valence-electron chi connectivity index (χ4n) is 1.38. The summed E-state index contributed by atoms with van der Waals surface area (Å²) in [4.78, 5) is 0. The number of benzene rings is 1. The summed E-state index contributed by atoms with van der Waals surface area (Å²) < 4.78 is 7.57. The predicted octanol–water partition coefficient (Wildman–Crippen LogP) is 4.36. The Morgan fingerprint density at radius 3 is 2.89 bits per heavy atom. The molecule has 0 unspecified atom stereocenters. The van der Waals surface area contributed by atoms with Gasteiger partial charge in [0.15, 0.2) is 0 Å². The SMILES string of the molecule is CCCNCc1nnc(Oc2ccc(Br)cc2Br)s1. The van der Waals surface area contributed by atoms with Crippen LogP contribution in [0.5, 0.6) is 10.9 Å². The normalized spacial score (nSPS) is 10.7. The third-order valence-corrected chi connectivity index (χ3v) is 4.16. The molecular weight excluding hydrogens is 394 g/mol. The molecule has 19 heavy (non-hydrogen) atoms. The lowest BCUT2D eigenvalue weighted by Crippen LogP contribution is -2.13. The molecule has 102 valence electrons. The van der Waals surface area contributed by atoms with Gasteiger partial charge in [0.25, 0.3) is 5.19 Å².